The molecule has 2 aromatic carbocycles. The van der Waals surface area contributed by atoms with Crippen LogP contribution >= 0.6 is 15.9 Å². The maximum absolute atomic E-state index is 11.8. The van der Waals surface area contributed by atoms with E-state index in [9.17, 15) is 14.8 Å². The Morgan fingerprint density at radius 2 is 1.64 bits per heavy atom. The number of hydrogen-bond acceptors (Lipinski definition) is 3. The van der Waals surface area contributed by atoms with E-state index in [4.69, 9.17) is 0 Å². The molecule has 0 spiro atoms. The van der Waals surface area contributed by atoms with Gasteiger partial charge in [-0.05, 0) is 28.1 Å². The van der Waals surface area contributed by atoms with Crippen molar-refractivity contribution < 1.29 is 14.8 Å². The molecule has 1 aliphatic heterocycles. The van der Waals surface area contributed by atoms with Crippen molar-refractivity contribution in [3.8, 4) is 11.3 Å². The van der Waals surface area contributed by atoms with E-state index in [1.807, 2.05) is 30.3 Å². The van der Waals surface area contributed by atoms with Crippen LogP contribution in [0.4, 0.5) is 0 Å². The summed E-state index contributed by atoms with van der Waals surface area (Å²) >= 11 is 3.49. The molecule has 108 valence electrons. The zero-order valence-corrected chi connectivity index (χ0v) is 12.7. The van der Waals surface area contributed by atoms with Crippen LogP contribution in [0.25, 0.3) is 22.2 Å². The quantitative estimate of drug-likeness (QED) is 0.519. The topological polar surface area (TPSA) is 71.3 Å². The van der Waals surface area contributed by atoms with Crippen molar-refractivity contribution in [2.45, 2.75) is 0 Å². The van der Waals surface area contributed by atoms with Crippen LogP contribution in [0, 0.1) is 0 Å². The molecule has 2 amide bonds. The van der Waals surface area contributed by atoms with Crippen molar-refractivity contribution in [3.63, 3.8) is 0 Å². The SMILES string of the molecule is O=C1NC(=O)c2cc3c(cc21)c(Br)c(-c1ccccc1)n3O. The number of imide groups is 1. The standard InChI is InChI=1S/C16H9BrN2O3/c17-13-11-6-9-10(16(21)18-15(9)20)7-12(11)19(22)14(13)8-4-2-1-3-5-8/h1-7,22H,(H,18,20,21). The average Bonchev–Trinajstić information content (AvgIpc) is 2.94. The molecule has 0 atom stereocenters. The highest BCUT2D eigenvalue weighted by atomic mass is 79.9. The van der Waals surface area contributed by atoms with E-state index < -0.39 is 11.8 Å². The zero-order valence-electron chi connectivity index (χ0n) is 11.1. The summed E-state index contributed by atoms with van der Waals surface area (Å²) in [5, 5.41) is 13.4. The van der Waals surface area contributed by atoms with Crippen LogP contribution in [0.1, 0.15) is 20.7 Å². The molecule has 0 bridgehead atoms. The molecular formula is C16H9BrN2O3. The maximum Gasteiger partial charge on any atom is 0.259 e. The van der Waals surface area contributed by atoms with Gasteiger partial charge in [-0.3, -0.25) is 14.9 Å². The van der Waals surface area contributed by atoms with Crippen LogP contribution in [0.15, 0.2) is 46.9 Å². The number of nitrogens with one attached hydrogen (secondary N) is 1. The van der Waals surface area contributed by atoms with Crippen molar-refractivity contribution in [2.75, 3.05) is 0 Å². The van der Waals surface area contributed by atoms with Gasteiger partial charge in [-0.1, -0.05) is 30.3 Å². The number of nitrogens with zero attached hydrogens (tertiary/aromatic N) is 1. The fourth-order valence-corrected chi connectivity index (χ4v) is 3.45. The lowest BCUT2D eigenvalue weighted by atomic mass is 10.1. The van der Waals surface area contributed by atoms with Crippen molar-refractivity contribution in [3.05, 3.63) is 58.1 Å². The molecule has 0 aliphatic carbocycles. The maximum atomic E-state index is 11.8. The first kappa shape index (κ1) is 13.1. The van der Waals surface area contributed by atoms with E-state index in [2.05, 4.69) is 21.2 Å². The lowest BCUT2D eigenvalue weighted by Gasteiger charge is -2.03. The van der Waals surface area contributed by atoms with Crippen LogP contribution < -0.4 is 5.32 Å². The predicted octanol–water partition coefficient (Wildman–Crippen LogP) is 3.19. The molecule has 4 rings (SSSR count). The summed E-state index contributed by atoms with van der Waals surface area (Å²) < 4.78 is 1.71. The first-order valence-corrected chi connectivity index (χ1v) is 7.35. The lowest BCUT2D eigenvalue weighted by Crippen LogP contribution is -2.19. The van der Waals surface area contributed by atoms with Gasteiger partial charge in [0.1, 0.15) is 5.69 Å². The highest BCUT2D eigenvalue weighted by Gasteiger charge is 2.29. The molecule has 0 saturated carbocycles. The van der Waals surface area contributed by atoms with Gasteiger partial charge in [-0.15, -0.1) is 0 Å². The number of aromatic nitrogens is 1. The van der Waals surface area contributed by atoms with Crippen LogP contribution in [-0.2, 0) is 0 Å². The number of carbonyl (C=O) groups is 2. The highest BCUT2D eigenvalue weighted by molar-refractivity contribution is 9.10. The molecule has 1 aliphatic rings. The highest BCUT2D eigenvalue weighted by Crippen LogP contribution is 2.38. The number of benzene rings is 2. The second-order valence-electron chi connectivity index (χ2n) is 5.04. The summed E-state index contributed by atoms with van der Waals surface area (Å²) in [6.07, 6.45) is 0. The fourth-order valence-electron chi connectivity index (χ4n) is 2.74. The lowest BCUT2D eigenvalue weighted by molar-refractivity contribution is 0.0879. The molecule has 6 heteroatoms. The molecule has 0 fully saturated rings. The molecule has 0 radical (unpaired) electrons. The minimum absolute atomic E-state index is 0.275. The molecule has 22 heavy (non-hydrogen) atoms. The van der Waals surface area contributed by atoms with Crippen molar-refractivity contribution in [1.82, 2.24) is 10.0 Å². The van der Waals surface area contributed by atoms with E-state index in [-0.39, 0.29) is 5.56 Å². The summed E-state index contributed by atoms with van der Waals surface area (Å²) in [4.78, 5) is 23.5. The molecule has 2 N–H and O–H groups in total. The van der Waals surface area contributed by atoms with Crippen LogP contribution in [-0.4, -0.2) is 21.8 Å². The Hall–Kier alpha value is -2.60. The van der Waals surface area contributed by atoms with Crippen LogP contribution in [0.5, 0.6) is 0 Å². The number of halogens is 1. The van der Waals surface area contributed by atoms with E-state index >= 15 is 0 Å². The third kappa shape index (κ3) is 1.64. The van der Waals surface area contributed by atoms with Gasteiger partial charge >= 0.3 is 0 Å². The fraction of sp³-hybridized carbons (Fsp3) is 0. The Balaban J connectivity index is 2.07. The molecular weight excluding hydrogens is 348 g/mol. The number of carbonyl (C=O) groups excluding carboxylic acids is 2. The molecule has 5 nitrogen and oxygen atoms in total. The van der Waals surface area contributed by atoms with Gasteiger partial charge in [-0.2, -0.15) is 4.73 Å². The molecule has 0 unspecified atom stereocenters. The number of fused-ring (bicyclic) bond motifs is 2. The van der Waals surface area contributed by atoms with E-state index in [1.165, 1.54) is 6.07 Å². The van der Waals surface area contributed by atoms with Gasteiger partial charge in [-0.25, -0.2) is 0 Å². The van der Waals surface area contributed by atoms with Gasteiger partial charge < -0.3 is 5.21 Å². The first-order chi connectivity index (χ1) is 10.6. The number of amides is 2. The van der Waals surface area contributed by atoms with Crippen molar-refractivity contribution in [2.24, 2.45) is 0 Å². The minimum atomic E-state index is -0.444. The van der Waals surface area contributed by atoms with Crippen LogP contribution in [0.3, 0.4) is 0 Å². The molecule has 0 saturated heterocycles. The Bertz CT molecular complexity index is 904. The van der Waals surface area contributed by atoms with Crippen LogP contribution in [0.2, 0.25) is 0 Å². The van der Waals surface area contributed by atoms with Gasteiger partial charge in [0, 0.05) is 10.9 Å². The summed E-state index contributed by atoms with van der Waals surface area (Å²) in [5.74, 6) is -0.860. The van der Waals surface area contributed by atoms with E-state index in [1.54, 1.807) is 6.07 Å². The number of rotatable bonds is 1. The number of hydrogen-bond donors (Lipinski definition) is 2. The summed E-state index contributed by atoms with van der Waals surface area (Å²) in [7, 11) is 0. The largest absolute Gasteiger partial charge is 0.428 e. The van der Waals surface area contributed by atoms with Gasteiger partial charge in [0.25, 0.3) is 11.8 Å². The minimum Gasteiger partial charge on any atom is -0.428 e. The Morgan fingerprint density at radius 3 is 2.32 bits per heavy atom. The monoisotopic (exact) mass is 356 g/mol. The summed E-state index contributed by atoms with van der Waals surface area (Å²) in [5.41, 5.74) is 2.46. The summed E-state index contributed by atoms with van der Waals surface area (Å²) in [6.45, 7) is 0. The van der Waals surface area contributed by atoms with Gasteiger partial charge in [0.05, 0.1) is 21.1 Å². The third-order valence-corrected chi connectivity index (χ3v) is 4.59. The third-order valence-electron chi connectivity index (χ3n) is 3.78. The Labute approximate surface area is 133 Å². The normalized spacial score (nSPS) is 13.5. The molecule has 3 aromatic rings. The van der Waals surface area contributed by atoms with Crippen molar-refractivity contribution in [1.29, 1.82) is 0 Å². The van der Waals surface area contributed by atoms with Crippen molar-refractivity contribution >= 4 is 38.6 Å². The molecule has 1 aromatic heterocycles. The predicted molar refractivity (Wildman–Crippen MR) is 84.1 cm³/mol. The smallest absolute Gasteiger partial charge is 0.259 e. The summed E-state index contributed by atoms with van der Waals surface area (Å²) in [6, 6.07) is 12.5. The van der Waals surface area contributed by atoms with E-state index in [0.717, 1.165) is 10.3 Å². The second kappa shape index (κ2) is 4.45. The average molecular weight is 357 g/mol. The van der Waals surface area contributed by atoms with Gasteiger partial charge in [0.2, 0.25) is 0 Å². The molecule has 2 heterocycles. The zero-order chi connectivity index (χ0) is 15.4. The Morgan fingerprint density at radius 1 is 1.00 bits per heavy atom. The van der Waals surface area contributed by atoms with Gasteiger partial charge in [0.15, 0.2) is 0 Å². The Kier molecular flexibility index (Phi) is 2.65. The second-order valence-corrected chi connectivity index (χ2v) is 5.83. The first-order valence-electron chi connectivity index (χ1n) is 6.56. The van der Waals surface area contributed by atoms with E-state index in [0.29, 0.717) is 26.6 Å².